The summed E-state index contributed by atoms with van der Waals surface area (Å²) in [6, 6.07) is 12.1. The van der Waals surface area contributed by atoms with E-state index in [1.54, 1.807) is 12.3 Å². The third kappa shape index (κ3) is 4.54. The van der Waals surface area contributed by atoms with E-state index in [4.69, 9.17) is 11.6 Å². The lowest BCUT2D eigenvalue weighted by Gasteiger charge is -2.31. The molecule has 2 aromatic carbocycles. The van der Waals surface area contributed by atoms with E-state index in [2.05, 4.69) is 32.8 Å². The molecule has 4 aromatic rings. The number of carbonyl (C=O) groups excluding carboxylic acids is 1. The first-order valence-electron chi connectivity index (χ1n) is 11.1. The summed E-state index contributed by atoms with van der Waals surface area (Å²) in [5, 5.41) is 11.6. The molecule has 35 heavy (non-hydrogen) atoms. The number of likely N-dealkylation sites (N-methyl/N-ethyl adjacent to an activating group) is 1. The van der Waals surface area contributed by atoms with E-state index < -0.39 is 11.8 Å². The Morgan fingerprint density at radius 3 is 2.80 bits per heavy atom. The van der Waals surface area contributed by atoms with Crippen molar-refractivity contribution < 1.29 is 9.18 Å². The minimum Gasteiger partial charge on any atom is -0.373 e. The van der Waals surface area contributed by atoms with Crippen LogP contribution in [0.25, 0.3) is 21.7 Å². The summed E-state index contributed by atoms with van der Waals surface area (Å²) in [6.07, 6.45) is 3.81. The first kappa shape index (κ1) is 23.1. The third-order valence-corrected chi connectivity index (χ3v) is 7.24. The first-order chi connectivity index (χ1) is 17.0. The maximum absolute atomic E-state index is 14.8. The number of hydrogen-bond acceptors (Lipinski definition) is 5. The van der Waals surface area contributed by atoms with Gasteiger partial charge in [-0.2, -0.15) is 0 Å². The monoisotopic (exact) mass is 507 g/mol. The molecule has 9 heteroatoms. The standard InChI is InChI=1S/C26H23ClFN5OS/c1-3-33-13-16(8-15-12-30-25(29-2)11-23(15)33)18-9-21(20(28)10-19(18)27)31-26(34)32-22-14-35-24-7-5-4-6-17(22)24/h4-12,14H,3,13H2,1-2H3,(H,29,30)(H2,31,32,34). The highest BCUT2D eigenvalue weighted by molar-refractivity contribution is 7.17. The highest BCUT2D eigenvalue weighted by Crippen LogP contribution is 2.37. The number of nitrogens with zero attached hydrogens (tertiary/aromatic N) is 2. The van der Waals surface area contributed by atoms with Crippen LogP contribution in [0.15, 0.2) is 54.0 Å². The summed E-state index contributed by atoms with van der Waals surface area (Å²) in [4.78, 5) is 19.3. The average molecular weight is 508 g/mol. The average Bonchev–Trinajstić information content (AvgIpc) is 3.27. The number of aromatic nitrogens is 1. The predicted octanol–water partition coefficient (Wildman–Crippen LogP) is 7.16. The lowest BCUT2D eigenvalue weighted by atomic mass is 9.97. The van der Waals surface area contributed by atoms with E-state index in [9.17, 15) is 9.18 Å². The molecule has 2 aromatic heterocycles. The molecule has 1 aliphatic rings. The molecule has 5 rings (SSSR count). The zero-order chi connectivity index (χ0) is 24.5. The summed E-state index contributed by atoms with van der Waals surface area (Å²) in [5.41, 5.74) is 4.32. The van der Waals surface area contributed by atoms with Gasteiger partial charge in [-0.25, -0.2) is 14.2 Å². The third-order valence-electron chi connectivity index (χ3n) is 5.96. The van der Waals surface area contributed by atoms with Gasteiger partial charge in [-0.15, -0.1) is 11.3 Å². The van der Waals surface area contributed by atoms with Crippen LogP contribution in [0.2, 0.25) is 5.02 Å². The van der Waals surface area contributed by atoms with Crippen molar-refractivity contribution in [2.45, 2.75) is 6.92 Å². The van der Waals surface area contributed by atoms with Crippen molar-refractivity contribution in [1.29, 1.82) is 0 Å². The molecule has 0 aliphatic carbocycles. The Labute approximate surface area is 211 Å². The summed E-state index contributed by atoms with van der Waals surface area (Å²) < 4.78 is 15.8. The van der Waals surface area contributed by atoms with Crippen LogP contribution in [-0.2, 0) is 0 Å². The molecule has 3 N–H and O–H groups in total. The maximum Gasteiger partial charge on any atom is 0.323 e. The summed E-state index contributed by atoms with van der Waals surface area (Å²) in [7, 11) is 1.83. The Hall–Kier alpha value is -3.62. The van der Waals surface area contributed by atoms with Crippen molar-refractivity contribution >= 4 is 73.6 Å². The normalized spacial score (nSPS) is 12.8. The number of hydrogen-bond donors (Lipinski definition) is 3. The number of thiophene rings is 1. The van der Waals surface area contributed by atoms with Crippen LogP contribution in [0.5, 0.6) is 0 Å². The molecule has 0 unspecified atom stereocenters. The zero-order valence-electron chi connectivity index (χ0n) is 19.2. The second kappa shape index (κ2) is 9.56. The summed E-state index contributed by atoms with van der Waals surface area (Å²) in [6.45, 7) is 3.44. The molecule has 1 aliphatic heterocycles. The van der Waals surface area contributed by atoms with Gasteiger partial charge in [0.1, 0.15) is 11.6 Å². The van der Waals surface area contributed by atoms with Crippen LogP contribution in [0, 0.1) is 5.82 Å². The molecule has 178 valence electrons. The Morgan fingerprint density at radius 1 is 1.20 bits per heavy atom. The van der Waals surface area contributed by atoms with Gasteiger partial charge < -0.3 is 20.9 Å². The van der Waals surface area contributed by atoms with Crippen LogP contribution in [0.1, 0.15) is 18.1 Å². The topological polar surface area (TPSA) is 69.3 Å². The van der Waals surface area contributed by atoms with Gasteiger partial charge in [0.15, 0.2) is 0 Å². The second-order valence-corrected chi connectivity index (χ2v) is 9.42. The van der Waals surface area contributed by atoms with E-state index in [-0.39, 0.29) is 10.7 Å². The van der Waals surface area contributed by atoms with Crippen LogP contribution >= 0.6 is 22.9 Å². The minimum atomic E-state index is -0.603. The SMILES string of the molecule is CCN1CC(c2cc(NC(=O)Nc3csc4ccccc34)c(F)cc2Cl)=Cc2cnc(NC)cc21. The molecule has 0 radical (unpaired) electrons. The number of fused-ring (bicyclic) bond motifs is 2. The van der Waals surface area contributed by atoms with Crippen molar-refractivity contribution in [3.63, 3.8) is 0 Å². The molecule has 0 saturated carbocycles. The van der Waals surface area contributed by atoms with Crippen molar-refractivity contribution in [1.82, 2.24) is 4.98 Å². The first-order valence-corrected chi connectivity index (χ1v) is 12.4. The number of pyridine rings is 1. The molecule has 0 saturated heterocycles. The van der Waals surface area contributed by atoms with E-state index in [0.717, 1.165) is 39.3 Å². The van der Waals surface area contributed by atoms with Gasteiger partial charge in [-0.1, -0.05) is 29.8 Å². The van der Waals surface area contributed by atoms with Crippen molar-refractivity contribution in [3.05, 3.63) is 76.0 Å². The highest BCUT2D eigenvalue weighted by Gasteiger charge is 2.22. The number of carbonyl (C=O) groups is 1. The fourth-order valence-electron chi connectivity index (χ4n) is 4.19. The Balaban J connectivity index is 1.44. The van der Waals surface area contributed by atoms with Crippen molar-refractivity contribution in [2.75, 3.05) is 41.0 Å². The Kier molecular flexibility index (Phi) is 6.32. The highest BCUT2D eigenvalue weighted by atomic mass is 35.5. The number of halogens is 2. The van der Waals surface area contributed by atoms with E-state index in [1.165, 1.54) is 17.4 Å². The number of anilines is 4. The van der Waals surface area contributed by atoms with Gasteiger partial charge in [0.25, 0.3) is 0 Å². The van der Waals surface area contributed by atoms with Crippen LogP contribution in [0.4, 0.5) is 32.1 Å². The molecule has 0 atom stereocenters. The van der Waals surface area contributed by atoms with Crippen molar-refractivity contribution in [3.8, 4) is 0 Å². The maximum atomic E-state index is 14.8. The number of benzene rings is 2. The van der Waals surface area contributed by atoms with Gasteiger partial charge in [0.2, 0.25) is 0 Å². The smallest absolute Gasteiger partial charge is 0.323 e. The largest absolute Gasteiger partial charge is 0.373 e. The Bertz CT molecular complexity index is 1470. The molecular weight excluding hydrogens is 485 g/mol. The molecular formula is C26H23ClFN5OS. The fraction of sp³-hybridized carbons (Fsp3) is 0.154. The van der Waals surface area contributed by atoms with Gasteiger partial charge in [-0.3, -0.25) is 0 Å². The zero-order valence-corrected chi connectivity index (χ0v) is 20.7. The van der Waals surface area contributed by atoms with Crippen molar-refractivity contribution in [2.24, 2.45) is 0 Å². The molecule has 0 bridgehead atoms. The summed E-state index contributed by atoms with van der Waals surface area (Å²) >= 11 is 8.00. The van der Waals surface area contributed by atoms with Gasteiger partial charge >= 0.3 is 6.03 Å². The molecule has 0 fully saturated rings. The van der Waals surface area contributed by atoms with E-state index in [1.807, 2.05) is 48.8 Å². The summed E-state index contributed by atoms with van der Waals surface area (Å²) in [5.74, 6) is 0.184. The number of nitrogens with one attached hydrogen (secondary N) is 3. The molecule has 2 amide bonds. The second-order valence-electron chi connectivity index (χ2n) is 8.10. The van der Waals surface area contributed by atoms with Crippen LogP contribution in [0.3, 0.4) is 0 Å². The predicted molar refractivity (Wildman–Crippen MR) is 145 cm³/mol. The quantitative estimate of drug-likeness (QED) is 0.268. The Morgan fingerprint density at radius 2 is 2.00 bits per heavy atom. The number of urea groups is 1. The van der Waals surface area contributed by atoms with Gasteiger partial charge in [-0.05, 0) is 36.8 Å². The number of amides is 2. The molecule has 6 nitrogen and oxygen atoms in total. The molecule has 0 spiro atoms. The lowest BCUT2D eigenvalue weighted by Crippen LogP contribution is -2.28. The van der Waals surface area contributed by atoms with Gasteiger partial charge in [0.05, 0.1) is 16.4 Å². The van der Waals surface area contributed by atoms with Crippen LogP contribution in [-0.4, -0.2) is 31.2 Å². The minimum absolute atomic E-state index is 0.0554. The van der Waals surface area contributed by atoms with E-state index >= 15 is 0 Å². The van der Waals surface area contributed by atoms with Gasteiger partial charge in [0, 0.05) is 64.7 Å². The van der Waals surface area contributed by atoms with Crippen LogP contribution < -0.4 is 20.9 Å². The van der Waals surface area contributed by atoms with E-state index in [0.29, 0.717) is 17.8 Å². The fourth-order valence-corrected chi connectivity index (χ4v) is 5.35. The lowest BCUT2D eigenvalue weighted by molar-refractivity contribution is 0.262. The molecule has 3 heterocycles. The number of rotatable bonds is 5.